The van der Waals surface area contributed by atoms with Crippen molar-refractivity contribution in [2.45, 2.75) is 13.8 Å². The van der Waals surface area contributed by atoms with Gasteiger partial charge >= 0.3 is 5.97 Å². The van der Waals surface area contributed by atoms with Crippen molar-refractivity contribution in [1.82, 2.24) is 9.78 Å². The third kappa shape index (κ3) is 2.42. The van der Waals surface area contributed by atoms with Crippen LogP contribution in [0.5, 0.6) is 11.6 Å². The molecule has 19 heavy (non-hydrogen) atoms. The van der Waals surface area contributed by atoms with Gasteiger partial charge in [-0.15, -0.1) is 0 Å². The number of halogens is 1. The Bertz CT molecular complexity index is 650. The summed E-state index contributed by atoms with van der Waals surface area (Å²) >= 11 is 0. The zero-order chi connectivity index (χ0) is 14.2. The lowest BCUT2D eigenvalue weighted by atomic mass is 10.2. The molecule has 1 aromatic carbocycles. The molecule has 0 saturated heterocycles. The molecule has 0 amide bonds. The largest absolute Gasteiger partial charge is 0.477 e. The second kappa shape index (κ2) is 4.72. The fourth-order valence-electron chi connectivity index (χ4n) is 1.75. The van der Waals surface area contributed by atoms with Crippen LogP contribution in [0.25, 0.3) is 0 Å². The Balaban J connectivity index is 2.43. The fraction of sp³-hybridized carbons (Fsp3) is 0.231. The Kier molecular flexibility index (Phi) is 3.25. The van der Waals surface area contributed by atoms with Gasteiger partial charge in [0.1, 0.15) is 17.1 Å². The number of aromatic nitrogens is 2. The van der Waals surface area contributed by atoms with Crippen LogP contribution in [0.4, 0.5) is 4.39 Å². The smallest absolute Gasteiger partial charge is 0.343 e. The molecule has 0 unspecified atom stereocenters. The van der Waals surface area contributed by atoms with Gasteiger partial charge in [0, 0.05) is 13.1 Å². The van der Waals surface area contributed by atoms with Crippen molar-refractivity contribution in [2.24, 2.45) is 7.05 Å². The quantitative estimate of drug-likeness (QED) is 0.925. The molecule has 5 nitrogen and oxygen atoms in total. The van der Waals surface area contributed by atoms with E-state index >= 15 is 0 Å². The van der Waals surface area contributed by atoms with Crippen molar-refractivity contribution in [3.63, 3.8) is 0 Å². The number of aryl methyl sites for hydroxylation is 3. The van der Waals surface area contributed by atoms with Gasteiger partial charge in [-0.3, -0.25) is 0 Å². The minimum Gasteiger partial charge on any atom is -0.477 e. The summed E-state index contributed by atoms with van der Waals surface area (Å²) in [5.41, 5.74) is 0.813. The molecule has 2 rings (SSSR count). The molecule has 6 heteroatoms. The van der Waals surface area contributed by atoms with Crippen molar-refractivity contribution < 1.29 is 19.0 Å². The lowest BCUT2D eigenvalue weighted by molar-refractivity contribution is 0.0693. The molecule has 1 N–H and O–H groups in total. The molecule has 0 atom stereocenters. The first-order chi connectivity index (χ1) is 8.90. The van der Waals surface area contributed by atoms with E-state index < -0.39 is 11.8 Å². The van der Waals surface area contributed by atoms with Gasteiger partial charge in [-0.25, -0.2) is 13.9 Å². The average Bonchev–Trinajstić information content (AvgIpc) is 2.59. The van der Waals surface area contributed by atoms with Crippen LogP contribution < -0.4 is 4.74 Å². The molecule has 1 heterocycles. The third-order valence-electron chi connectivity index (χ3n) is 2.74. The standard InChI is InChI=1S/C13H13FN2O3/c1-7-4-5-9(6-10(7)14)19-12-11(13(17)18)8(2)15-16(12)3/h4-6H,1-3H3,(H,17,18). The Morgan fingerprint density at radius 2 is 2.11 bits per heavy atom. The van der Waals surface area contributed by atoms with Crippen molar-refractivity contribution in [1.29, 1.82) is 0 Å². The fourth-order valence-corrected chi connectivity index (χ4v) is 1.75. The summed E-state index contributed by atoms with van der Waals surface area (Å²) in [6.45, 7) is 3.21. The van der Waals surface area contributed by atoms with E-state index in [-0.39, 0.29) is 17.2 Å². The lowest BCUT2D eigenvalue weighted by Crippen LogP contribution is -2.02. The minimum atomic E-state index is -1.13. The second-order valence-electron chi connectivity index (χ2n) is 4.21. The highest BCUT2D eigenvalue weighted by atomic mass is 19.1. The van der Waals surface area contributed by atoms with E-state index in [0.717, 1.165) is 0 Å². The number of carboxylic acid groups (broad SMARTS) is 1. The molecule has 0 spiro atoms. The van der Waals surface area contributed by atoms with E-state index in [1.165, 1.54) is 10.7 Å². The molecular weight excluding hydrogens is 251 g/mol. The normalized spacial score (nSPS) is 10.5. The highest BCUT2D eigenvalue weighted by molar-refractivity contribution is 5.91. The van der Waals surface area contributed by atoms with Crippen LogP contribution in [0.2, 0.25) is 0 Å². The number of carboxylic acids is 1. The molecule has 0 saturated carbocycles. The number of benzene rings is 1. The van der Waals surface area contributed by atoms with Crippen molar-refractivity contribution in [3.8, 4) is 11.6 Å². The molecule has 0 fully saturated rings. The van der Waals surface area contributed by atoms with E-state index in [1.807, 2.05) is 0 Å². The predicted molar refractivity (Wildman–Crippen MR) is 66.1 cm³/mol. The van der Waals surface area contributed by atoms with E-state index in [4.69, 9.17) is 9.84 Å². The number of aromatic carboxylic acids is 1. The van der Waals surface area contributed by atoms with Crippen LogP contribution >= 0.6 is 0 Å². The van der Waals surface area contributed by atoms with Crippen LogP contribution in [0.3, 0.4) is 0 Å². The maximum atomic E-state index is 13.4. The van der Waals surface area contributed by atoms with Gasteiger partial charge in [-0.2, -0.15) is 5.10 Å². The average molecular weight is 264 g/mol. The summed E-state index contributed by atoms with van der Waals surface area (Å²) in [5.74, 6) is -1.23. The summed E-state index contributed by atoms with van der Waals surface area (Å²) in [6.07, 6.45) is 0. The van der Waals surface area contributed by atoms with Gasteiger partial charge in [0.2, 0.25) is 5.88 Å². The van der Waals surface area contributed by atoms with Gasteiger partial charge in [-0.05, 0) is 25.5 Å². The van der Waals surface area contributed by atoms with Crippen molar-refractivity contribution >= 4 is 5.97 Å². The summed E-state index contributed by atoms with van der Waals surface area (Å²) in [7, 11) is 1.57. The predicted octanol–water partition coefficient (Wildman–Crippen LogP) is 2.67. The van der Waals surface area contributed by atoms with Crippen LogP contribution in [0, 0.1) is 19.7 Å². The molecule has 100 valence electrons. The summed E-state index contributed by atoms with van der Waals surface area (Å²) in [4.78, 5) is 11.2. The first-order valence-electron chi connectivity index (χ1n) is 5.61. The van der Waals surface area contributed by atoms with E-state index in [1.54, 1.807) is 33.0 Å². The third-order valence-corrected chi connectivity index (χ3v) is 2.74. The molecule has 0 aliphatic rings. The Morgan fingerprint density at radius 3 is 2.68 bits per heavy atom. The number of carbonyl (C=O) groups is 1. The van der Waals surface area contributed by atoms with Crippen LogP contribution in [0.15, 0.2) is 18.2 Å². The number of hydrogen-bond acceptors (Lipinski definition) is 3. The minimum absolute atomic E-state index is 0.0246. The second-order valence-corrected chi connectivity index (χ2v) is 4.21. The topological polar surface area (TPSA) is 64.3 Å². The van der Waals surface area contributed by atoms with Crippen LogP contribution in [0.1, 0.15) is 21.6 Å². The van der Waals surface area contributed by atoms with Crippen LogP contribution in [-0.4, -0.2) is 20.9 Å². The zero-order valence-electron chi connectivity index (χ0n) is 10.8. The van der Waals surface area contributed by atoms with Gasteiger partial charge in [0.25, 0.3) is 0 Å². The van der Waals surface area contributed by atoms with Gasteiger partial charge in [0.05, 0.1) is 5.69 Å². The Morgan fingerprint density at radius 1 is 1.42 bits per heavy atom. The Labute approximate surface area is 109 Å². The molecule has 0 bridgehead atoms. The summed E-state index contributed by atoms with van der Waals surface area (Å²) in [5, 5.41) is 13.1. The van der Waals surface area contributed by atoms with Crippen molar-refractivity contribution in [3.05, 3.63) is 40.8 Å². The maximum absolute atomic E-state index is 13.4. The monoisotopic (exact) mass is 264 g/mol. The van der Waals surface area contributed by atoms with E-state index in [0.29, 0.717) is 11.3 Å². The van der Waals surface area contributed by atoms with Gasteiger partial charge in [-0.1, -0.05) is 6.07 Å². The first-order valence-corrected chi connectivity index (χ1v) is 5.61. The summed E-state index contributed by atoms with van der Waals surface area (Å²) < 4.78 is 20.2. The van der Waals surface area contributed by atoms with E-state index in [2.05, 4.69) is 5.10 Å². The number of rotatable bonds is 3. The highest BCUT2D eigenvalue weighted by Gasteiger charge is 2.21. The van der Waals surface area contributed by atoms with Gasteiger partial charge < -0.3 is 9.84 Å². The summed E-state index contributed by atoms with van der Waals surface area (Å²) in [6, 6.07) is 4.35. The van der Waals surface area contributed by atoms with E-state index in [9.17, 15) is 9.18 Å². The molecular formula is C13H13FN2O3. The molecule has 0 aliphatic heterocycles. The lowest BCUT2D eigenvalue weighted by Gasteiger charge is -2.07. The zero-order valence-corrected chi connectivity index (χ0v) is 10.8. The van der Waals surface area contributed by atoms with Crippen LogP contribution in [-0.2, 0) is 7.05 Å². The van der Waals surface area contributed by atoms with Crippen molar-refractivity contribution in [2.75, 3.05) is 0 Å². The number of nitrogens with zero attached hydrogens (tertiary/aromatic N) is 2. The SMILES string of the molecule is Cc1ccc(Oc2c(C(=O)O)c(C)nn2C)cc1F. The Hall–Kier alpha value is -2.37. The molecule has 1 aromatic heterocycles. The number of hydrogen-bond donors (Lipinski definition) is 1. The first kappa shape index (κ1) is 13.1. The number of ether oxygens (including phenoxy) is 1. The molecule has 2 aromatic rings. The van der Waals surface area contributed by atoms with Gasteiger partial charge in [0.15, 0.2) is 0 Å². The highest BCUT2D eigenvalue weighted by Crippen LogP contribution is 2.28. The molecule has 0 aliphatic carbocycles. The maximum Gasteiger partial charge on any atom is 0.343 e. The molecule has 0 radical (unpaired) electrons.